The number of rotatable bonds is 9. The van der Waals surface area contributed by atoms with E-state index in [9.17, 15) is 0 Å². The standard InChI is InChI=1S/C17H42Si4/c1-11-12-13-14-15-16-17-21(18(2,3)4,19(5,6)7)20(8,9)10/h16-17H,11-15H2,1-10H3/b17-16+. The van der Waals surface area contributed by atoms with Crippen LogP contribution < -0.4 is 0 Å². The Morgan fingerprint density at radius 2 is 1.05 bits per heavy atom. The third-order valence-electron chi connectivity index (χ3n) is 5.14. The van der Waals surface area contributed by atoms with E-state index < -0.39 is 29.4 Å². The molecule has 0 nitrogen and oxygen atoms in total. The molecule has 0 aromatic heterocycles. The molecule has 0 aliphatic rings. The molecular formula is C17H42Si4. The molecule has 21 heavy (non-hydrogen) atoms. The molecule has 0 saturated heterocycles. The van der Waals surface area contributed by atoms with Crippen molar-refractivity contribution in [1.29, 1.82) is 0 Å². The summed E-state index contributed by atoms with van der Waals surface area (Å²) in [6.07, 6.45) is 9.54. The number of hydrogen-bond donors (Lipinski definition) is 0. The van der Waals surface area contributed by atoms with Crippen molar-refractivity contribution in [1.82, 2.24) is 0 Å². The Kier molecular flexibility index (Phi) is 8.16. The van der Waals surface area contributed by atoms with Crippen LogP contribution in [0.3, 0.4) is 0 Å². The highest BCUT2D eigenvalue weighted by atomic mass is 29.9. The smallest absolute Gasteiger partial charge is 0.0593 e. The Bertz CT molecular complexity index is 290. The van der Waals surface area contributed by atoms with Gasteiger partial charge in [-0.3, -0.25) is 0 Å². The van der Waals surface area contributed by atoms with Crippen LogP contribution in [-0.2, 0) is 0 Å². The van der Waals surface area contributed by atoms with E-state index in [4.69, 9.17) is 0 Å². The van der Waals surface area contributed by atoms with Crippen molar-refractivity contribution in [3.05, 3.63) is 11.8 Å². The molecule has 0 saturated carbocycles. The van der Waals surface area contributed by atoms with Gasteiger partial charge >= 0.3 is 0 Å². The summed E-state index contributed by atoms with van der Waals surface area (Å²) >= 11 is 0. The molecule has 0 aromatic rings. The molecule has 0 heterocycles. The lowest BCUT2D eigenvalue weighted by atomic mass is 10.2. The predicted octanol–water partition coefficient (Wildman–Crippen LogP) is 6.75. The topological polar surface area (TPSA) is 0 Å². The first kappa shape index (κ1) is 21.6. The van der Waals surface area contributed by atoms with Gasteiger partial charge in [-0.05, 0) is 12.8 Å². The normalized spacial score (nSPS) is 15.0. The van der Waals surface area contributed by atoms with Crippen LogP contribution in [0, 0.1) is 0 Å². The van der Waals surface area contributed by atoms with E-state index >= 15 is 0 Å². The summed E-state index contributed by atoms with van der Waals surface area (Å²) in [5, 5.41) is 0. The summed E-state index contributed by atoms with van der Waals surface area (Å²) < 4.78 is 0. The van der Waals surface area contributed by atoms with Gasteiger partial charge in [0.25, 0.3) is 0 Å². The van der Waals surface area contributed by atoms with Crippen LogP contribution in [-0.4, -0.2) is 29.4 Å². The van der Waals surface area contributed by atoms with Crippen molar-refractivity contribution < 1.29 is 0 Å². The third-order valence-corrected chi connectivity index (χ3v) is 76.3. The Hall–Kier alpha value is 0.608. The van der Waals surface area contributed by atoms with E-state index in [1.165, 1.54) is 32.1 Å². The molecule has 0 unspecified atom stereocenters. The van der Waals surface area contributed by atoms with Crippen LogP contribution in [0.4, 0.5) is 0 Å². The lowest BCUT2D eigenvalue weighted by Gasteiger charge is -2.56. The van der Waals surface area contributed by atoms with Crippen LogP contribution in [0.15, 0.2) is 11.8 Å². The molecule has 0 N–H and O–H groups in total. The van der Waals surface area contributed by atoms with Crippen molar-refractivity contribution >= 4 is 29.4 Å². The highest BCUT2D eigenvalue weighted by Crippen LogP contribution is 2.38. The second-order valence-corrected chi connectivity index (χ2v) is 50.4. The Balaban J connectivity index is 5.38. The zero-order valence-corrected chi connectivity index (χ0v) is 20.7. The molecule has 0 fully saturated rings. The maximum atomic E-state index is 2.89. The monoisotopic (exact) mass is 358 g/mol. The van der Waals surface area contributed by atoms with Gasteiger partial charge in [-0.1, -0.05) is 91.2 Å². The lowest BCUT2D eigenvalue weighted by molar-refractivity contribution is 0.674. The molecule has 0 atom stereocenters. The summed E-state index contributed by atoms with van der Waals surface area (Å²) in [6, 6.07) is 0. The number of unbranched alkanes of at least 4 members (excludes halogenated alkanes) is 4. The van der Waals surface area contributed by atoms with E-state index in [1.54, 1.807) is 0 Å². The first-order valence-electron chi connectivity index (χ1n) is 8.99. The molecule has 126 valence electrons. The van der Waals surface area contributed by atoms with E-state index in [0.29, 0.717) is 0 Å². The minimum Gasteiger partial charge on any atom is -0.105 e. The van der Waals surface area contributed by atoms with E-state index in [1.807, 2.05) is 0 Å². The molecular weight excluding hydrogens is 317 g/mol. The van der Waals surface area contributed by atoms with Crippen LogP contribution in [0.5, 0.6) is 0 Å². The van der Waals surface area contributed by atoms with Gasteiger partial charge in [0.15, 0.2) is 0 Å². The van der Waals surface area contributed by atoms with Gasteiger partial charge in [0.05, 0.1) is 6.63 Å². The highest BCUT2D eigenvalue weighted by molar-refractivity contribution is 7.90. The van der Waals surface area contributed by atoms with Crippen LogP contribution >= 0.6 is 0 Å². The molecule has 0 rings (SSSR count). The first-order valence-corrected chi connectivity index (χ1v) is 24.6. The van der Waals surface area contributed by atoms with Crippen LogP contribution in [0.1, 0.15) is 39.0 Å². The largest absolute Gasteiger partial charge is 0.105 e. The van der Waals surface area contributed by atoms with Crippen molar-refractivity contribution in [3.8, 4) is 0 Å². The van der Waals surface area contributed by atoms with Crippen molar-refractivity contribution in [3.63, 3.8) is 0 Å². The van der Waals surface area contributed by atoms with Crippen LogP contribution in [0.2, 0.25) is 58.9 Å². The van der Waals surface area contributed by atoms with Crippen LogP contribution in [0.25, 0.3) is 0 Å². The summed E-state index contributed by atoms with van der Waals surface area (Å²) in [5.41, 5.74) is 2.89. The average molecular weight is 359 g/mol. The minimum absolute atomic E-state index is 1.11. The maximum absolute atomic E-state index is 2.89. The van der Waals surface area contributed by atoms with Gasteiger partial charge in [-0.25, -0.2) is 0 Å². The highest BCUT2D eigenvalue weighted by Gasteiger charge is 2.59. The second-order valence-electron chi connectivity index (χ2n) is 9.81. The zero-order chi connectivity index (χ0) is 16.9. The molecule has 4 heteroatoms. The van der Waals surface area contributed by atoms with Crippen molar-refractivity contribution in [2.45, 2.75) is 98.0 Å². The predicted molar refractivity (Wildman–Crippen MR) is 114 cm³/mol. The summed E-state index contributed by atoms with van der Waals surface area (Å²) in [5.74, 6) is 0. The molecule has 0 radical (unpaired) electrons. The van der Waals surface area contributed by atoms with Crippen molar-refractivity contribution in [2.75, 3.05) is 0 Å². The molecule has 0 aliphatic heterocycles. The summed E-state index contributed by atoms with van der Waals surface area (Å²) in [4.78, 5) is 0. The fourth-order valence-corrected chi connectivity index (χ4v) is 100. The van der Waals surface area contributed by atoms with Crippen molar-refractivity contribution in [2.24, 2.45) is 0 Å². The molecule has 0 aromatic carbocycles. The Labute approximate surface area is 139 Å². The molecule has 0 amide bonds. The third kappa shape index (κ3) is 5.32. The zero-order valence-electron chi connectivity index (χ0n) is 16.7. The fourth-order valence-electron chi connectivity index (χ4n) is 5.07. The number of hydrogen-bond acceptors (Lipinski definition) is 0. The van der Waals surface area contributed by atoms with Gasteiger partial charge < -0.3 is 0 Å². The quantitative estimate of drug-likeness (QED) is 0.316. The van der Waals surface area contributed by atoms with Gasteiger partial charge in [-0.15, -0.1) is 5.70 Å². The maximum Gasteiger partial charge on any atom is 0.0593 e. The van der Waals surface area contributed by atoms with Gasteiger partial charge in [0.1, 0.15) is 0 Å². The molecule has 0 spiro atoms. The summed E-state index contributed by atoms with van der Waals surface area (Å²) in [7, 11) is -3.32. The molecule has 0 bridgehead atoms. The lowest BCUT2D eigenvalue weighted by Crippen LogP contribution is -2.81. The van der Waals surface area contributed by atoms with Gasteiger partial charge in [0.2, 0.25) is 0 Å². The average Bonchev–Trinajstić information content (AvgIpc) is 2.22. The van der Waals surface area contributed by atoms with E-state index in [2.05, 4.69) is 77.6 Å². The van der Waals surface area contributed by atoms with E-state index in [0.717, 1.165) is 0 Å². The molecule has 0 aliphatic carbocycles. The number of allylic oxidation sites excluding steroid dienone is 1. The Morgan fingerprint density at radius 1 is 0.619 bits per heavy atom. The Morgan fingerprint density at radius 3 is 1.38 bits per heavy atom. The second kappa shape index (κ2) is 7.93. The summed E-state index contributed by atoms with van der Waals surface area (Å²) in [6.45, 7) is 25.2. The minimum atomic E-state index is -1.23. The van der Waals surface area contributed by atoms with Gasteiger partial charge in [-0.2, -0.15) is 0 Å². The van der Waals surface area contributed by atoms with E-state index in [-0.39, 0.29) is 0 Å². The fraction of sp³-hybridized carbons (Fsp3) is 0.882. The SMILES string of the molecule is CCCCCC/C=C/[Si]([Si](C)(C)C)([Si](C)(C)C)[Si](C)(C)C. The van der Waals surface area contributed by atoms with Gasteiger partial charge in [0, 0.05) is 22.8 Å². The first-order chi connectivity index (χ1) is 9.31.